The molecule has 9 heteroatoms. The topological polar surface area (TPSA) is 46.0 Å². The number of hydrogen-bond acceptors (Lipinski definition) is 4. The Kier molecular flexibility index (Phi) is 6.20. The molecule has 0 aromatic carbocycles. The number of halogens is 4. The predicted octanol–water partition coefficient (Wildman–Crippen LogP) is 2.41. The molecule has 0 radical (unpaired) electrons. The number of rotatable bonds is 4. The summed E-state index contributed by atoms with van der Waals surface area (Å²) in [6, 6.07) is 3.97. The molecule has 1 aliphatic rings. The summed E-state index contributed by atoms with van der Waals surface area (Å²) in [4.78, 5) is 10.3. The van der Waals surface area contributed by atoms with E-state index < -0.39 is 12.7 Å². The lowest BCUT2D eigenvalue weighted by atomic mass is 10.0. The number of imidazole rings is 1. The van der Waals surface area contributed by atoms with Crippen molar-refractivity contribution in [2.45, 2.75) is 25.3 Å². The maximum absolute atomic E-state index is 12.6. The molecular weight excluding hydrogens is 343 g/mol. The molecule has 132 valence electrons. The summed E-state index contributed by atoms with van der Waals surface area (Å²) < 4.78 is 39.1. The van der Waals surface area contributed by atoms with Gasteiger partial charge in [0.05, 0.1) is 6.54 Å². The first-order valence-corrected chi connectivity index (χ1v) is 7.44. The maximum Gasteiger partial charge on any atom is 0.406 e. The molecule has 1 saturated heterocycles. The molecule has 5 nitrogen and oxygen atoms in total. The van der Waals surface area contributed by atoms with Crippen LogP contribution < -0.4 is 5.32 Å². The van der Waals surface area contributed by atoms with Crippen molar-refractivity contribution in [3.8, 4) is 0 Å². The Balaban J connectivity index is 0.00000208. The third-order valence-electron chi connectivity index (χ3n) is 3.94. The molecule has 0 saturated carbocycles. The standard InChI is InChI=1S/C15H18F3N5.ClH/c16-15(17,18)11-23-8-6-21-14(23)10-22-7-5-20-9-13(22)12-1-3-19-4-2-12;/h1-4,6,8,13,20H,5,7,9-11H2;1H. The van der Waals surface area contributed by atoms with Crippen LogP contribution in [0.25, 0.3) is 0 Å². The van der Waals surface area contributed by atoms with Crippen LogP contribution in [0.5, 0.6) is 0 Å². The molecule has 1 aliphatic heterocycles. The highest BCUT2D eigenvalue weighted by molar-refractivity contribution is 5.85. The summed E-state index contributed by atoms with van der Waals surface area (Å²) in [5.41, 5.74) is 1.10. The molecule has 2 aromatic heterocycles. The summed E-state index contributed by atoms with van der Waals surface area (Å²) in [6.07, 6.45) is 2.01. The number of nitrogens with one attached hydrogen (secondary N) is 1. The molecule has 0 aliphatic carbocycles. The number of alkyl halides is 3. The first-order valence-electron chi connectivity index (χ1n) is 7.44. The lowest BCUT2D eigenvalue weighted by molar-refractivity contribution is -0.141. The zero-order valence-electron chi connectivity index (χ0n) is 12.9. The van der Waals surface area contributed by atoms with E-state index in [0.29, 0.717) is 12.4 Å². The second-order valence-electron chi connectivity index (χ2n) is 5.56. The van der Waals surface area contributed by atoms with Crippen LogP contribution >= 0.6 is 12.4 Å². The predicted molar refractivity (Wildman–Crippen MR) is 85.8 cm³/mol. The molecule has 0 amide bonds. The fourth-order valence-electron chi connectivity index (χ4n) is 2.86. The molecule has 0 bridgehead atoms. The average molecular weight is 362 g/mol. The van der Waals surface area contributed by atoms with Gasteiger partial charge < -0.3 is 9.88 Å². The second kappa shape index (κ2) is 7.96. The zero-order valence-corrected chi connectivity index (χ0v) is 13.7. The van der Waals surface area contributed by atoms with Crippen LogP contribution in [-0.4, -0.2) is 45.2 Å². The maximum atomic E-state index is 12.6. The number of nitrogens with zero attached hydrogens (tertiary/aromatic N) is 4. The Bertz CT molecular complexity index is 632. The van der Waals surface area contributed by atoms with Crippen LogP contribution in [0.4, 0.5) is 13.2 Å². The fraction of sp³-hybridized carbons (Fsp3) is 0.467. The van der Waals surface area contributed by atoms with E-state index in [1.807, 2.05) is 12.1 Å². The van der Waals surface area contributed by atoms with Gasteiger partial charge in [-0.2, -0.15) is 13.2 Å². The Hall–Kier alpha value is -1.64. The molecule has 2 aromatic rings. The van der Waals surface area contributed by atoms with Crippen LogP contribution in [0.15, 0.2) is 36.9 Å². The van der Waals surface area contributed by atoms with Gasteiger partial charge in [-0.15, -0.1) is 12.4 Å². The Labute approximate surface area is 144 Å². The van der Waals surface area contributed by atoms with Crippen LogP contribution in [-0.2, 0) is 13.1 Å². The molecule has 3 heterocycles. The van der Waals surface area contributed by atoms with Gasteiger partial charge in [0.1, 0.15) is 12.4 Å². The highest BCUT2D eigenvalue weighted by Crippen LogP contribution is 2.24. The van der Waals surface area contributed by atoms with Crippen molar-refractivity contribution >= 4 is 12.4 Å². The van der Waals surface area contributed by atoms with Gasteiger partial charge >= 0.3 is 6.18 Å². The average Bonchev–Trinajstić information content (AvgIpc) is 2.94. The summed E-state index contributed by atoms with van der Waals surface area (Å²) in [6.45, 7) is 1.70. The van der Waals surface area contributed by atoms with Crippen molar-refractivity contribution in [3.05, 3.63) is 48.3 Å². The molecule has 1 unspecified atom stereocenters. The SMILES string of the molecule is Cl.FC(F)(F)Cn1ccnc1CN1CCNCC1c1ccncc1. The van der Waals surface area contributed by atoms with Gasteiger partial charge in [0, 0.05) is 50.5 Å². The van der Waals surface area contributed by atoms with Gasteiger partial charge in [0.2, 0.25) is 0 Å². The van der Waals surface area contributed by atoms with Gasteiger partial charge in [0.15, 0.2) is 0 Å². The van der Waals surface area contributed by atoms with E-state index in [0.717, 1.165) is 25.2 Å². The molecular formula is C15H19ClF3N5. The normalized spacial score (nSPS) is 19.0. The number of hydrogen-bond donors (Lipinski definition) is 1. The van der Waals surface area contributed by atoms with E-state index in [1.165, 1.54) is 17.0 Å². The van der Waals surface area contributed by atoms with E-state index in [2.05, 4.69) is 20.2 Å². The highest BCUT2D eigenvalue weighted by atomic mass is 35.5. The Morgan fingerprint density at radius 3 is 2.67 bits per heavy atom. The summed E-state index contributed by atoms with van der Waals surface area (Å²) >= 11 is 0. The minimum Gasteiger partial charge on any atom is -0.325 e. The van der Waals surface area contributed by atoms with E-state index >= 15 is 0 Å². The van der Waals surface area contributed by atoms with Crippen LogP contribution in [0.2, 0.25) is 0 Å². The third kappa shape index (κ3) is 4.68. The molecule has 1 atom stereocenters. The number of aromatic nitrogens is 3. The summed E-state index contributed by atoms with van der Waals surface area (Å²) in [5.74, 6) is 0.434. The van der Waals surface area contributed by atoms with Crippen LogP contribution in [0, 0.1) is 0 Å². The molecule has 0 spiro atoms. The largest absolute Gasteiger partial charge is 0.406 e. The Morgan fingerprint density at radius 2 is 1.96 bits per heavy atom. The van der Waals surface area contributed by atoms with Gasteiger partial charge in [-0.05, 0) is 17.7 Å². The molecule has 1 N–H and O–H groups in total. The summed E-state index contributed by atoms with van der Waals surface area (Å²) in [7, 11) is 0. The lowest BCUT2D eigenvalue weighted by Gasteiger charge is -2.36. The van der Waals surface area contributed by atoms with E-state index in [9.17, 15) is 13.2 Å². The lowest BCUT2D eigenvalue weighted by Crippen LogP contribution is -2.45. The van der Waals surface area contributed by atoms with Gasteiger partial charge in [-0.1, -0.05) is 0 Å². The first-order chi connectivity index (χ1) is 11.0. The van der Waals surface area contributed by atoms with E-state index in [4.69, 9.17) is 0 Å². The van der Waals surface area contributed by atoms with Crippen molar-refractivity contribution in [3.63, 3.8) is 0 Å². The third-order valence-corrected chi connectivity index (χ3v) is 3.94. The van der Waals surface area contributed by atoms with E-state index in [1.54, 1.807) is 12.4 Å². The Morgan fingerprint density at radius 1 is 1.21 bits per heavy atom. The number of pyridine rings is 1. The molecule has 1 fully saturated rings. The monoisotopic (exact) mass is 361 g/mol. The van der Waals surface area contributed by atoms with Crippen LogP contribution in [0.3, 0.4) is 0 Å². The van der Waals surface area contributed by atoms with Crippen molar-refractivity contribution in [1.29, 1.82) is 0 Å². The van der Waals surface area contributed by atoms with Crippen molar-refractivity contribution in [2.75, 3.05) is 19.6 Å². The van der Waals surface area contributed by atoms with Gasteiger partial charge in [-0.25, -0.2) is 4.98 Å². The van der Waals surface area contributed by atoms with Crippen molar-refractivity contribution in [2.24, 2.45) is 0 Å². The second-order valence-corrected chi connectivity index (χ2v) is 5.56. The molecule has 3 rings (SSSR count). The zero-order chi connectivity index (χ0) is 16.3. The van der Waals surface area contributed by atoms with E-state index in [-0.39, 0.29) is 18.4 Å². The smallest absolute Gasteiger partial charge is 0.325 e. The quantitative estimate of drug-likeness (QED) is 0.908. The first kappa shape index (κ1) is 18.7. The van der Waals surface area contributed by atoms with Gasteiger partial charge in [-0.3, -0.25) is 9.88 Å². The van der Waals surface area contributed by atoms with Crippen molar-refractivity contribution in [1.82, 2.24) is 24.8 Å². The molecule has 24 heavy (non-hydrogen) atoms. The summed E-state index contributed by atoms with van der Waals surface area (Å²) in [5, 5.41) is 3.33. The fourth-order valence-corrected chi connectivity index (χ4v) is 2.86. The minimum absolute atomic E-state index is 0. The van der Waals surface area contributed by atoms with Crippen LogP contribution in [0.1, 0.15) is 17.4 Å². The minimum atomic E-state index is -4.25. The highest BCUT2D eigenvalue weighted by Gasteiger charge is 2.30. The number of piperazine rings is 1. The van der Waals surface area contributed by atoms with Crippen molar-refractivity contribution < 1.29 is 13.2 Å². The van der Waals surface area contributed by atoms with Gasteiger partial charge in [0.25, 0.3) is 0 Å².